The van der Waals surface area contributed by atoms with Crippen molar-refractivity contribution < 1.29 is 9.59 Å². The first-order chi connectivity index (χ1) is 15.1. The Kier molecular flexibility index (Phi) is 10.8. The van der Waals surface area contributed by atoms with Crippen molar-refractivity contribution in [3.05, 3.63) is 76.5 Å². The van der Waals surface area contributed by atoms with Gasteiger partial charge in [-0.2, -0.15) is 0 Å². The number of hydrogen-bond acceptors (Lipinski definition) is 3. The second-order valence-corrected chi connectivity index (χ2v) is 8.10. The molecule has 2 aromatic carbocycles. The molecule has 1 unspecified atom stereocenters. The van der Waals surface area contributed by atoms with Crippen LogP contribution in [0.2, 0.25) is 0 Å². The van der Waals surface area contributed by atoms with Crippen molar-refractivity contribution in [1.82, 2.24) is 10.4 Å². The minimum Gasteiger partial charge on any atom is -0.756 e. The Morgan fingerprint density at radius 3 is 2.42 bits per heavy atom. The number of rotatable bonds is 14. The monoisotopic (exact) mass is 423 g/mol. The normalized spacial score (nSPS) is 12.7. The third-order valence-electron chi connectivity index (χ3n) is 5.65. The molecule has 0 aliphatic heterocycles. The van der Waals surface area contributed by atoms with Crippen molar-refractivity contribution in [3.63, 3.8) is 0 Å². The molecule has 0 aliphatic carbocycles. The number of hydroxylamine groups is 2. The molecular weight excluding hydrogens is 388 g/mol. The largest absolute Gasteiger partial charge is 0.756 e. The number of carbonyl (C=O) groups excluding carboxylic acids is 2. The molecule has 0 fully saturated rings. The van der Waals surface area contributed by atoms with Gasteiger partial charge >= 0.3 is 0 Å². The molecule has 168 valence electrons. The molecule has 31 heavy (non-hydrogen) atoms. The van der Waals surface area contributed by atoms with Crippen LogP contribution < -0.4 is 5.32 Å². The maximum atomic E-state index is 12.9. The third kappa shape index (κ3) is 8.18. The van der Waals surface area contributed by atoms with Crippen molar-refractivity contribution in [2.24, 2.45) is 5.92 Å². The zero-order valence-electron chi connectivity index (χ0n) is 18.8. The first-order valence-electron chi connectivity index (χ1n) is 11.4. The summed E-state index contributed by atoms with van der Waals surface area (Å²) >= 11 is 0. The van der Waals surface area contributed by atoms with Gasteiger partial charge in [-0.25, -0.2) is 0 Å². The number of nitrogens with one attached hydrogen (secondary N) is 1. The Labute approximate surface area is 186 Å². The van der Waals surface area contributed by atoms with Gasteiger partial charge in [0.1, 0.15) is 0 Å². The number of benzene rings is 2. The molecule has 0 saturated heterocycles. The molecule has 0 radical (unpaired) electrons. The van der Waals surface area contributed by atoms with Crippen molar-refractivity contribution in [1.29, 1.82) is 0 Å². The van der Waals surface area contributed by atoms with Crippen LogP contribution in [-0.4, -0.2) is 30.5 Å². The molecular formula is C26H35N2O3-. The highest BCUT2D eigenvalue weighted by molar-refractivity contribution is 5.79. The van der Waals surface area contributed by atoms with Crippen LogP contribution in [0, 0.1) is 11.1 Å². The summed E-state index contributed by atoms with van der Waals surface area (Å²) in [5.74, 6) is -0.637. The number of carbonyl (C=O) groups is 2. The second kappa shape index (κ2) is 13.6. The summed E-state index contributed by atoms with van der Waals surface area (Å²) in [7, 11) is 0. The molecule has 5 heteroatoms. The molecule has 2 aromatic rings. The van der Waals surface area contributed by atoms with E-state index < -0.39 is 5.92 Å². The summed E-state index contributed by atoms with van der Waals surface area (Å²) in [6.07, 6.45) is 5.95. The Balaban J connectivity index is 2.18. The smallest absolute Gasteiger partial charge is 0.224 e. The van der Waals surface area contributed by atoms with Crippen LogP contribution in [0.4, 0.5) is 0 Å². The quantitative estimate of drug-likeness (QED) is 0.342. The highest BCUT2D eigenvalue weighted by atomic mass is 16.5. The lowest BCUT2D eigenvalue weighted by Gasteiger charge is -2.28. The van der Waals surface area contributed by atoms with E-state index in [1.807, 2.05) is 25.1 Å². The second-order valence-electron chi connectivity index (χ2n) is 8.10. The molecule has 2 amide bonds. The molecule has 1 N–H and O–H groups in total. The fraction of sp³-hybridized carbons (Fsp3) is 0.462. The van der Waals surface area contributed by atoms with Gasteiger partial charge in [0.15, 0.2) is 6.41 Å². The Morgan fingerprint density at radius 1 is 1.03 bits per heavy atom. The van der Waals surface area contributed by atoms with Gasteiger partial charge in [0.05, 0.1) is 5.92 Å². The van der Waals surface area contributed by atoms with Gasteiger partial charge in [-0.15, -0.1) is 0 Å². The fourth-order valence-corrected chi connectivity index (χ4v) is 3.82. The van der Waals surface area contributed by atoms with Gasteiger partial charge in [-0.3, -0.25) is 9.59 Å². The lowest BCUT2D eigenvalue weighted by molar-refractivity contribution is -0.126. The van der Waals surface area contributed by atoms with E-state index in [-0.39, 0.29) is 24.8 Å². The van der Waals surface area contributed by atoms with E-state index in [0.717, 1.165) is 37.7 Å². The van der Waals surface area contributed by atoms with Crippen molar-refractivity contribution >= 4 is 12.3 Å². The molecule has 0 heterocycles. The Bertz CT molecular complexity index is 794. The van der Waals surface area contributed by atoms with E-state index in [2.05, 4.69) is 48.6 Å². The number of nitrogens with zero attached hydrogens (tertiary/aromatic N) is 1. The minimum absolute atomic E-state index is 0.0213. The van der Waals surface area contributed by atoms with Gasteiger partial charge in [0, 0.05) is 19.0 Å². The van der Waals surface area contributed by atoms with E-state index in [4.69, 9.17) is 0 Å². The number of unbranched alkanes of at least 4 members (excludes halogenated alkanes) is 2. The van der Waals surface area contributed by atoms with Crippen LogP contribution >= 0.6 is 0 Å². The maximum absolute atomic E-state index is 12.9. The average molecular weight is 424 g/mol. The summed E-state index contributed by atoms with van der Waals surface area (Å²) < 4.78 is 0. The van der Waals surface area contributed by atoms with Crippen LogP contribution in [0.3, 0.4) is 0 Å². The van der Waals surface area contributed by atoms with Crippen molar-refractivity contribution in [2.75, 3.05) is 13.1 Å². The maximum Gasteiger partial charge on any atom is 0.224 e. The molecule has 5 nitrogen and oxygen atoms in total. The lowest BCUT2D eigenvalue weighted by atomic mass is 9.89. The van der Waals surface area contributed by atoms with Gasteiger partial charge < -0.3 is 15.6 Å². The van der Waals surface area contributed by atoms with Crippen LogP contribution in [0.15, 0.2) is 54.6 Å². The van der Waals surface area contributed by atoms with Crippen LogP contribution in [0.5, 0.6) is 0 Å². The summed E-state index contributed by atoms with van der Waals surface area (Å²) in [5, 5.41) is 14.9. The summed E-state index contributed by atoms with van der Waals surface area (Å²) in [6.45, 7) is 4.58. The van der Waals surface area contributed by atoms with Gasteiger partial charge in [0.2, 0.25) is 5.91 Å². The summed E-state index contributed by atoms with van der Waals surface area (Å²) in [5.41, 5.74) is 3.61. The molecule has 2 rings (SSSR count). The molecule has 0 aromatic heterocycles. The molecule has 0 aliphatic rings. The Hall–Kier alpha value is -2.66. The number of aryl methyl sites for hydroxylation is 1. The minimum atomic E-state index is -0.491. The number of amides is 2. The lowest BCUT2D eigenvalue weighted by Crippen LogP contribution is -2.38. The van der Waals surface area contributed by atoms with Gasteiger partial charge in [-0.1, -0.05) is 87.7 Å². The number of hydrogen-bond donors (Lipinski definition) is 1. The van der Waals surface area contributed by atoms with E-state index >= 15 is 0 Å². The SMILES string of the molecule is CCCCc1cccc(C(CNC(=O)[C@H](CCCC)CN([O-])C=O)c2ccccc2)c1. The van der Waals surface area contributed by atoms with Crippen LogP contribution in [0.25, 0.3) is 0 Å². The van der Waals surface area contributed by atoms with Crippen molar-refractivity contribution in [2.45, 2.75) is 58.3 Å². The summed E-state index contributed by atoms with van der Waals surface area (Å²) in [6, 6.07) is 18.7. The van der Waals surface area contributed by atoms with E-state index in [9.17, 15) is 14.8 Å². The zero-order chi connectivity index (χ0) is 22.5. The third-order valence-corrected chi connectivity index (χ3v) is 5.65. The molecule has 0 saturated carbocycles. The molecule has 0 spiro atoms. The predicted octanol–water partition coefficient (Wildman–Crippen LogP) is 5.04. The van der Waals surface area contributed by atoms with Crippen LogP contribution in [-0.2, 0) is 16.0 Å². The van der Waals surface area contributed by atoms with E-state index in [1.54, 1.807) is 0 Å². The Morgan fingerprint density at radius 2 is 1.74 bits per heavy atom. The van der Waals surface area contributed by atoms with Gasteiger partial charge in [0.25, 0.3) is 0 Å². The van der Waals surface area contributed by atoms with Gasteiger partial charge in [-0.05, 0) is 36.0 Å². The summed E-state index contributed by atoms with van der Waals surface area (Å²) in [4.78, 5) is 23.6. The first-order valence-corrected chi connectivity index (χ1v) is 11.4. The average Bonchev–Trinajstić information content (AvgIpc) is 2.81. The highest BCUT2D eigenvalue weighted by Gasteiger charge is 2.21. The van der Waals surface area contributed by atoms with Crippen molar-refractivity contribution in [3.8, 4) is 0 Å². The highest BCUT2D eigenvalue weighted by Crippen LogP contribution is 2.25. The first kappa shape index (κ1) is 24.6. The predicted molar refractivity (Wildman–Crippen MR) is 126 cm³/mol. The fourth-order valence-electron chi connectivity index (χ4n) is 3.82. The molecule has 0 bridgehead atoms. The standard InChI is InChI=1S/C26H35N2O3/c1-3-5-11-21-12-10-16-23(17-21)25(22-14-8-7-9-15-22)18-27-26(30)24(13-6-4-2)19-28(31)20-29/h7-10,12,14-17,20,24-25H,3-6,11,13,18-19H2,1-2H3,(H,27,30)/q-1/t24-,25?/m1/s1. The zero-order valence-corrected chi connectivity index (χ0v) is 18.8. The van der Waals surface area contributed by atoms with Crippen LogP contribution in [0.1, 0.15) is 68.6 Å². The van der Waals surface area contributed by atoms with E-state index in [0.29, 0.717) is 18.0 Å². The molecule has 2 atom stereocenters. The van der Waals surface area contributed by atoms with E-state index in [1.165, 1.54) is 11.1 Å². The topological polar surface area (TPSA) is 72.5 Å².